The molecule has 0 aliphatic carbocycles. The van der Waals surface area contributed by atoms with Gasteiger partial charge in [-0.25, -0.2) is 0 Å². The lowest BCUT2D eigenvalue weighted by Crippen LogP contribution is -1.73. The van der Waals surface area contributed by atoms with Crippen molar-refractivity contribution in [1.29, 1.82) is 0 Å². The molecule has 0 aromatic heterocycles. The third kappa shape index (κ3) is 0.542. The minimum atomic E-state index is -1.02. The molecule has 1 heterocycles. The average molecular weight is 100 g/mol. The summed E-state index contributed by atoms with van der Waals surface area (Å²) in [6.07, 6.45) is 1.47. The summed E-state index contributed by atoms with van der Waals surface area (Å²) in [6.45, 7) is 0. The van der Waals surface area contributed by atoms with Crippen LogP contribution in [0.4, 0.5) is 0 Å². The minimum Gasteiger partial charge on any atom is -0.449 e. The van der Waals surface area contributed by atoms with Gasteiger partial charge in [0, 0.05) is 0 Å². The van der Waals surface area contributed by atoms with Gasteiger partial charge in [-0.1, -0.05) is 11.0 Å². The Morgan fingerprint density at radius 2 is 2.67 bits per heavy atom. The van der Waals surface area contributed by atoms with Crippen LogP contribution in [0.5, 0.6) is 0 Å². The van der Waals surface area contributed by atoms with Gasteiger partial charge in [-0.2, -0.15) is 0 Å². The molecule has 0 aromatic rings. The summed E-state index contributed by atoms with van der Waals surface area (Å²) >= 11 is 0. The largest absolute Gasteiger partial charge is 0.449 e. The standard InChI is InChI=1S/C3H2NOS/c5-6-2-1-4-3-6/h1-2H/q-1. The molecule has 0 aromatic carbocycles. The molecule has 0 spiro atoms. The fraction of sp³-hybridized carbons (Fsp3) is 0. The zero-order valence-electron chi connectivity index (χ0n) is 2.92. The lowest BCUT2D eigenvalue weighted by Gasteiger charge is -1.74. The fourth-order valence-corrected chi connectivity index (χ4v) is 0.596. The van der Waals surface area contributed by atoms with Crippen LogP contribution < -0.4 is 0 Å². The molecule has 0 bridgehead atoms. The van der Waals surface area contributed by atoms with Crippen LogP contribution in [0.15, 0.2) is 16.6 Å². The maximum absolute atomic E-state index is 10.1. The van der Waals surface area contributed by atoms with E-state index in [2.05, 4.69) is 10.5 Å². The molecule has 1 aliphatic rings. The highest BCUT2D eigenvalue weighted by atomic mass is 32.2. The normalized spacial score (nSPS) is 29.0. The number of nitrogens with zero attached hydrogens (tertiary/aromatic N) is 1. The summed E-state index contributed by atoms with van der Waals surface area (Å²) in [5, 5.41) is 1.47. The highest BCUT2D eigenvalue weighted by Crippen LogP contribution is 1.88. The van der Waals surface area contributed by atoms with Gasteiger partial charge in [0.1, 0.15) is 0 Å². The van der Waals surface area contributed by atoms with Crippen molar-refractivity contribution < 1.29 is 4.21 Å². The lowest BCUT2D eigenvalue weighted by molar-refractivity contribution is 0.695. The first-order valence-corrected chi connectivity index (χ1v) is 2.63. The number of rotatable bonds is 0. The van der Waals surface area contributed by atoms with E-state index in [0.29, 0.717) is 0 Å². The van der Waals surface area contributed by atoms with Crippen LogP contribution in [0, 0.1) is 0 Å². The third-order valence-corrected chi connectivity index (χ3v) is 1.06. The van der Waals surface area contributed by atoms with Gasteiger partial charge in [0.15, 0.2) is 0 Å². The number of hydrogen-bond acceptors (Lipinski definition) is 2. The molecule has 0 saturated heterocycles. The molecule has 0 radical (unpaired) electrons. The van der Waals surface area contributed by atoms with Gasteiger partial charge in [-0.3, -0.25) is 4.21 Å². The molecule has 0 N–H and O–H groups in total. The van der Waals surface area contributed by atoms with E-state index in [4.69, 9.17) is 0 Å². The van der Waals surface area contributed by atoms with Crippen molar-refractivity contribution in [3.8, 4) is 0 Å². The van der Waals surface area contributed by atoms with Gasteiger partial charge in [-0.05, 0) is 10.8 Å². The molecule has 2 nitrogen and oxygen atoms in total. The molecule has 6 heavy (non-hydrogen) atoms. The SMILES string of the molecule is O=S1[C-]=NC=C1. The zero-order chi connectivity index (χ0) is 4.41. The molecule has 0 fully saturated rings. The second-order valence-corrected chi connectivity index (χ2v) is 1.85. The predicted octanol–water partition coefficient (Wildman–Crippen LogP) is 0.125. The monoisotopic (exact) mass is 100.0 g/mol. The van der Waals surface area contributed by atoms with Crippen molar-refractivity contribution >= 4 is 16.3 Å². The van der Waals surface area contributed by atoms with Crippen LogP contribution in [0.2, 0.25) is 0 Å². The Bertz CT molecular complexity index is 113. The topological polar surface area (TPSA) is 29.4 Å². The summed E-state index contributed by atoms with van der Waals surface area (Å²) in [5.41, 5.74) is 2.31. The molecular weight excluding hydrogens is 98.1 g/mol. The molecule has 1 rings (SSSR count). The van der Waals surface area contributed by atoms with Crippen LogP contribution in [0.1, 0.15) is 0 Å². The maximum atomic E-state index is 10.1. The second-order valence-electron chi connectivity index (χ2n) is 0.803. The summed E-state index contributed by atoms with van der Waals surface area (Å²) in [6, 6.07) is 0. The van der Waals surface area contributed by atoms with Crippen molar-refractivity contribution in [3.63, 3.8) is 0 Å². The summed E-state index contributed by atoms with van der Waals surface area (Å²) < 4.78 is 10.1. The van der Waals surface area contributed by atoms with Gasteiger partial charge >= 0.3 is 0 Å². The minimum absolute atomic E-state index is 1.02. The fourth-order valence-electron chi connectivity index (χ4n) is 0.199. The Hall–Kier alpha value is -0.440. The van der Waals surface area contributed by atoms with Crippen LogP contribution in [-0.4, -0.2) is 9.76 Å². The van der Waals surface area contributed by atoms with Crippen molar-refractivity contribution in [2.75, 3.05) is 0 Å². The number of hydrogen-bond donors (Lipinski definition) is 0. The first kappa shape index (κ1) is 3.74. The van der Waals surface area contributed by atoms with Crippen LogP contribution in [-0.2, 0) is 10.8 Å². The van der Waals surface area contributed by atoms with E-state index in [0.717, 1.165) is 0 Å². The molecule has 0 saturated carbocycles. The highest BCUT2D eigenvalue weighted by molar-refractivity contribution is 8.01. The summed E-state index contributed by atoms with van der Waals surface area (Å²) in [7, 11) is -1.02. The van der Waals surface area contributed by atoms with Crippen molar-refractivity contribution in [3.05, 3.63) is 11.6 Å². The Kier molecular flexibility index (Phi) is 0.837. The summed E-state index contributed by atoms with van der Waals surface area (Å²) in [5.74, 6) is 0. The smallest absolute Gasteiger partial charge is 0.0202 e. The van der Waals surface area contributed by atoms with E-state index in [1.165, 1.54) is 11.6 Å². The van der Waals surface area contributed by atoms with E-state index in [1.54, 1.807) is 0 Å². The van der Waals surface area contributed by atoms with E-state index >= 15 is 0 Å². The van der Waals surface area contributed by atoms with Crippen molar-refractivity contribution in [2.45, 2.75) is 0 Å². The lowest BCUT2D eigenvalue weighted by atomic mass is 11.1. The van der Waals surface area contributed by atoms with Crippen molar-refractivity contribution in [2.24, 2.45) is 4.99 Å². The third-order valence-electron chi connectivity index (χ3n) is 0.402. The molecule has 0 amide bonds. The second kappa shape index (κ2) is 1.34. The van der Waals surface area contributed by atoms with Crippen LogP contribution >= 0.6 is 0 Å². The van der Waals surface area contributed by atoms with E-state index in [-0.39, 0.29) is 0 Å². The van der Waals surface area contributed by atoms with Crippen molar-refractivity contribution in [1.82, 2.24) is 0 Å². The van der Waals surface area contributed by atoms with Gasteiger partial charge in [0.05, 0.1) is 0 Å². The number of aliphatic imine (C=N–C) groups is 1. The Labute approximate surface area is 38.0 Å². The molecule has 32 valence electrons. The van der Waals surface area contributed by atoms with E-state index in [1.807, 2.05) is 0 Å². The Morgan fingerprint density at radius 3 is 2.83 bits per heavy atom. The molecular formula is C3H2NOS-. The Morgan fingerprint density at radius 1 is 1.83 bits per heavy atom. The van der Waals surface area contributed by atoms with Gasteiger partial charge in [0.25, 0.3) is 0 Å². The van der Waals surface area contributed by atoms with Crippen LogP contribution in [0.25, 0.3) is 0 Å². The maximum Gasteiger partial charge on any atom is -0.0202 e. The Balaban J connectivity index is 2.86. The van der Waals surface area contributed by atoms with E-state index < -0.39 is 10.8 Å². The zero-order valence-corrected chi connectivity index (χ0v) is 3.73. The average Bonchev–Trinajstić information content (AvgIpc) is 1.86. The predicted molar refractivity (Wildman–Crippen MR) is 24.7 cm³/mol. The molecule has 1 aliphatic heterocycles. The van der Waals surface area contributed by atoms with Crippen LogP contribution in [0.3, 0.4) is 0 Å². The molecule has 1 unspecified atom stereocenters. The first-order valence-electron chi connectivity index (χ1n) is 1.42. The quantitative estimate of drug-likeness (QED) is 0.398. The van der Waals surface area contributed by atoms with Gasteiger partial charge in [-0.15, -0.1) is 6.20 Å². The van der Waals surface area contributed by atoms with Gasteiger partial charge < -0.3 is 4.99 Å². The first-order chi connectivity index (χ1) is 2.89. The highest BCUT2D eigenvalue weighted by Gasteiger charge is 1.74. The molecule has 3 heteroatoms. The van der Waals surface area contributed by atoms with Gasteiger partial charge in [0.2, 0.25) is 0 Å². The molecule has 1 atom stereocenters. The summed E-state index contributed by atoms with van der Waals surface area (Å²) in [4.78, 5) is 3.43. The van der Waals surface area contributed by atoms with E-state index in [9.17, 15) is 4.21 Å².